The van der Waals surface area contributed by atoms with Crippen molar-refractivity contribution in [2.45, 2.75) is 39.8 Å². The Bertz CT molecular complexity index is 1400. The highest BCUT2D eigenvalue weighted by Crippen LogP contribution is 2.23. The number of nitrogens with zero attached hydrogens (tertiary/aromatic N) is 2. The summed E-state index contributed by atoms with van der Waals surface area (Å²) in [5.41, 5.74) is 1.27. The molecule has 0 radical (unpaired) electrons. The molecule has 3 aromatic carbocycles. The van der Waals surface area contributed by atoms with Crippen LogP contribution in [0.3, 0.4) is 0 Å². The number of anilines is 1. The summed E-state index contributed by atoms with van der Waals surface area (Å²) in [6.07, 6.45) is 1.17. The van der Waals surface area contributed by atoms with E-state index in [0.29, 0.717) is 18.9 Å². The summed E-state index contributed by atoms with van der Waals surface area (Å²) in [6.45, 7) is 5.77. The van der Waals surface area contributed by atoms with Gasteiger partial charge in [-0.3, -0.25) is 13.9 Å². The smallest absolute Gasteiger partial charge is 0.244 e. The van der Waals surface area contributed by atoms with Crippen LogP contribution in [0.1, 0.15) is 31.9 Å². The minimum Gasteiger partial charge on any atom is -0.494 e. The second-order valence-corrected chi connectivity index (χ2v) is 12.1. The molecule has 0 aliphatic rings. The standard InChI is InChI=1S/C31H38FN3O5S/c1-5-40-27-17-15-26(16-18-27)35(41(4,38)39)22-30(36)34(21-25-13-9-10-14-28(25)32)29(31(37)33-20-23(2)3)19-24-11-7-6-8-12-24/h6-18,23,29H,5,19-22H2,1-4H3,(H,33,37). The molecule has 0 aliphatic carbocycles. The molecule has 2 amide bonds. The zero-order valence-electron chi connectivity index (χ0n) is 23.9. The van der Waals surface area contributed by atoms with Crippen molar-refractivity contribution in [1.82, 2.24) is 10.2 Å². The Hall–Kier alpha value is -3.92. The summed E-state index contributed by atoms with van der Waals surface area (Å²) in [6, 6.07) is 20.5. The van der Waals surface area contributed by atoms with Crippen LogP contribution >= 0.6 is 0 Å². The molecule has 3 aromatic rings. The van der Waals surface area contributed by atoms with Crippen molar-refractivity contribution in [3.05, 3.63) is 95.8 Å². The van der Waals surface area contributed by atoms with Crippen LogP contribution in [-0.2, 0) is 32.6 Å². The quantitative estimate of drug-likeness (QED) is 0.304. The van der Waals surface area contributed by atoms with E-state index < -0.39 is 40.2 Å². The maximum Gasteiger partial charge on any atom is 0.244 e. The Labute approximate surface area is 242 Å². The normalized spacial score (nSPS) is 12.0. The van der Waals surface area contributed by atoms with Crippen LogP contribution < -0.4 is 14.4 Å². The van der Waals surface area contributed by atoms with Crippen molar-refractivity contribution in [2.75, 3.05) is 30.3 Å². The summed E-state index contributed by atoms with van der Waals surface area (Å²) in [5.74, 6) is -0.861. The Morgan fingerprint density at radius 2 is 1.59 bits per heavy atom. The van der Waals surface area contributed by atoms with Gasteiger partial charge in [-0.1, -0.05) is 62.4 Å². The lowest BCUT2D eigenvalue weighted by atomic mass is 10.0. The van der Waals surface area contributed by atoms with Gasteiger partial charge in [-0.05, 0) is 48.7 Å². The maximum atomic E-state index is 14.8. The first-order valence-corrected chi connectivity index (χ1v) is 15.4. The first-order chi connectivity index (χ1) is 19.5. The van der Waals surface area contributed by atoms with Gasteiger partial charge in [0.25, 0.3) is 0 Å². The number of nitrogens with one attached hydrogen (secondary N) is 1. The first kappa shape index (κ1) is 31.6. The van der Waals surface area contributed by atoms with Crippen LogP contribution in [0.25, 0.3) is 0 Å². The number of hydrogen-bond donors (Lipinski definition) is 1. The summed E-state index contributed by atoms with van der Waals surface area (Å²) in [5, 5.41) is 2.90. The van der Waals surface area contributed by atoms with E-state index in [1.807, 2.05) is 51.1 Å². The summed E-state index contributed by atoms with van der Waals surface area (Å²) < 4.78 is 47.0. The van der Waals surface area contributed by atoms with E-state index in [1.54, 1.807) is 42.5 Å². The lowest BCUT2D eigenvalue weighted by Crippen LogP contribution is -2.53. The fourth-order valence-corrected chi connectivity index (χ4v) is 5.13. The second-order valence-electron chi connectivity index (χ2n) is 10.2. The molecule has 0 heterocycles. The van der Waals surface area contributed by atoms with Gasteiger partial charge in [-0.25, -0.2) is 12.8 Å². The Kier molecular flexibility index (Phi) is 11.3. The molecule has 0 aliphatic heterocycles. The summed E-state index contributed by atoms with van der Waals surface area (Å²) in [4.78, 5) is 28.9. The number of hydrogen-bond acceptors (Lipinski definition) is 5. The molecule has 10 heteroatoms. The Morgan fingerprint density at radius 1 is 0.951 bits per heavy atom. The molecule has 0 bridgehead atoms. The number of ether oxygens (including phenoxy) is 1. The van der Waals surface area contributed by atoms with E-state index in [0.717, 1.165) is 16.1 Å². The van der Waals surface area contributed by atoms with Gasteiger partial charge in [0, 0.05) is 25.1 Å². The lowest BCUT2D eigenvalue weighted by Gasteiger charge is -2.33. The van der Waals surface area contributed by atoms with Crippen molar-refractivity contribution in [3.8, 4) is 5.75 Å². The lowest BCUT2D eigenvalue weighted by molar-refractivity contribution is -0.140. The number of carbonyl (C=O) groups excluding carboxylic acids is 2. The molecule has 0 saturated carbocycles. The van der Waals surface area contributed by atoms with Gasteiger partial charge in [-0.2, -0.15) is 0 Å². The highest BCUT2D eigenvalue weighted by atomic mass is 32.2. The minimum absolute atomic E-state index is 0.160. The molecular weight excluding hydrogens is 545 g/mol. The molecule has 0 fully saturated rings. The average Bonchev–Trinajstić information content (AvgIpc) is 2.93. The van der Waals surface area contributed by atoms with Gasteiger partial charge < -0.3 is 15.0 Å². The zero-order chi connectivity index (χ0) is 30.0. The maximum absolute atomic E-state index is 14.8. The third-order valence-corrected chi connectivity index (χ3v) is 7.51. The molecule has 3 rings (SSSR count). The molecule has 220 valence electrons. The van der Waals surface area contributed by atoms with Crippen LogP contribution in [0.15, 0.2) is 78.9 Å². The van der Waals surface area contributed by atoms with Gasteiger partial charge >= 0.3 is 0 Å². The minimum atomic E-state index is -3.91. The molecule has 0 saturated heterocycles. The van der Waals surface area contributed by atoms with Crippen LogP contribution in [0.2, 0.25) is 0 Å². The molecule has 0 spiro atoms. The summed E-state index contributed by atoms with van der Waals surface area (Å²) in [7, 11) is -3.91. The predicted molar refractivity (Wildman–Crippen MR) is 159 cm³/mol. The van der Waals surface area contributed by atoms with Crippen molar-refractivity contribution in [3.63, 3.8) is 0 Å². The fourth-order valence-electron chi connectivity index (χ4n) is 4.28. The number of sulfonamides is 1. The number of rotatable bonds is 14. The number of halogens is 1. The second kappa shape index (κ2) is 14.6. The highest BCUT2D eigenvalue weighted by molar-refractivity contribution is 7.92. The van der Waals surface area contributed by atoms with Crippen molar-refractivity contribution in [2.24, 2.45) is 5.92 Å². The van der Waals surface area contributed by atoms with Crippen molar-refractivity contribution >= 4 is 27.5 Å². The molecule has 1 unspecified atom stereocenters. The SMILES string of the molecule is CCOc1ccc(N(CC(=O)N(Cc2ccccc2F)C(Cc2ccccc2)C(=O)NCC(C)C)S(C)(=O)=O)cc1. The van der Waals surface area contributed by atoms with Crippen LogP contribution in [0, 0.1) is 11.7 Å². The Morgan fingerprint density at radius 3 is 2.17 bits per heavy atom. The van der Waals surface area contributed by atoms with Crippen LogP contribution in [0.5, 0.6) is 5.75 Å². The van der Waals surface area contributed by atoms with E-state index in [-0.39, 0.29) is 30.1 Å². The van der Waals surface area contributed by atoms with E-state index >= 15 is 0 Å². The van der Waals surface area contributed by atoms with Gasteiger partial charge in [0.1, 0.15) is 24.2 Å². The summed E-state index contributed by atoms with van der Waals surface area (Å²) >= 11 is 0. The van der Waals surface area contributed by atoms with Gasteiger partial charge in [-0.15, -0.1) is 0 Å². The van der Waals surface area contributed by atoms with Crippen LogP contribution in [0.4, 0.5) is 10.1 Å². The molecule has 1 atom stereocenters. The monoisotopic (exact) mass is 583 g/mol. The number of carbonyl (C=O) groups is 2. The van der Waals surface area contributed by atoms with Gasteiger partial charge in [0.2, 0.25) is 21.8 Å². The topological polar surface area (TPSA) is 96.0 Å². The number of amides is 2. The van der Waals surface area contributed by atoms with Crippen LogP contribution in [-0.4, -0.2) is 57.1 Å². The molecule has 1 N–H and O–H groups in total. The van der Waals surface area contributed by atoms with Crippen molar-refractivity contribution < 1.29 is 27.1 Å². The third kappa shape index (κ3) is 9.31. The first-order valence-electron chi connectivity index (χ1n) is 13.5. The largest absolute Gasteiger partial charge is 0.494 e. The van der Waals surface area contributed by atoms with Gasteiger partial charge in [0.05, 0.1) is 18.6 Å². The zero-order valence-corrected chi connectivity index (χ0v) is 24.7. The third-order valence-electron chi connectivity index (χ3n) is 6.37. The highest BCUT2D eigenvalue weighted by Gasteiger charge is 2.33. The molecular formula is C31H38FN3O5S. The fraction of sp³-hybridized carbons (Fsp3) is 0.355. The number of benzene rings is 3. The molecule has 41 heavy (non-hydrogen) atoms. The molecule has 8 nitrogen and oxygen atoms in total. The van der Waals surface area contributed by atoms with E-state index in [4.69, 9.17) is 4.74 Å². The Balaban J connectivity index is 2.03. The average molecular weight is 584 g/mol. The van der Waals surface area contributed by atoms with Crippen molar-refractivity contribution in [1.29, 1.82) is 0 Å². The van der Waals surface area contributed by atoms with E-state index in [1.165, 1.54) is 11.0 Å². The molecule has 0 aromatic heterocycles. The van der Waals surface area contributed by atoms with Gasteiger partial charge in [0.15, 0.2) is 0 Å². The van der Waals surface area contributed by atoms with E-state index in [2.05, 4.69) is 5.32 Å². The van der Waals surface area contributed by atoms with E-state index in [9.17, 15) is 22.4 Å². The predicted octanol–water partition coefficient (Wildman–Crippen LogP) is 4.40.